The molecule has 0 radical (unpaired) electrons. The molecule has 2 N–H and O–H groups in total. The van der Waals surface area contributed by atoms with Gasteiger partial charge in [0.15, 0.2) is 0 Å². The van der Waals surface area contributed by atoms with Crippen molar-refractivity contribution in [1.82, 2.24) is 4.90 Å². The van der Waals surface area contributed by atoms with Crippen LogP contribution in [0.15, 0.2) is 12.1 Å². The maximum absolute atomic E-state index is 12.3. The highest BCUT2D eigenvalue weighted by molar-refractivity contribution is 5.96. The van der Waals surface area contributed by atoms with Crippen molar-refractivity contribution in [3.05, 3.63) is 28.8 Å². The molecule has 130 valence electrons. The van der Waals surface area contributed by atoms with E-state index in [1.165, 1.54) is 11.9 Å². The number of nitrogens with zero attached hydrogens (tertiary/aromatic N) is 1. The molecule has 1 aliphatic carbocycles. The number of likely N-dealkylation sites (N-methyl/N-ethyl adjacent to an activating group) is 1. The summed E-state index contributed by atoms with van der Waals surface area (Å²) >= 11 is 0. The predicted molar refractivity (Wildman–Crippen MR) is 90.8 cm³/mol. The first kappa shape index (κ1) is 18.0. The fourth-order valence-electron chi connectivity index (χ4n) is 3.22. The van der Waals surface area contributed by atoms with Crippen LogP contribution in [0.4, 0.5) is 5.69 Å². The molecule has 0 aliphatic heterocycles. The second kappa shape index (κ2) is 7.03. The summed E-state index contributed by atoms with van der Waals surface area (Å²) in [5.41, 5.74) is 3.83. The molecule has 2 amide bonds. The lowest BCUT2D eigenvalue weighted by molar-refractivity contribution is -0.156. The van der Waals surface area contributed by atoms with Gasteiger partial charge in [0.1, 0.15) is 0 Å². The summed E-state index contributed by atoms with van der Waals surface area (Å²) in [6.07, 6.45) is 1.09. The highest BCUT2D eigenvalue weighted by Crippen LogP contribution is 2.35. The van der Waals surface area contributed by atoms with Gasteiger partial charge in [-0.15, -0.1) is 0 Å². The van der Waals surface area contributed by atoms with Gasteiger partial charge in [-0.3, -0.25) is 14.4 Å². The van der Waals surface area contributed by atoms with Crippen LogP contribution in [0.5, 0.6) is 0 Å². The highest BCUT2D eigenvalue weighted by atomic mass is 16.4. The molecule has 0 bridgehead atoms. The van der Waals surface area contributed by atoms with Crippen molar-refractivity contribution < 1.29 is 19.5 Å². The number of nitrogens with one attached hydrogen (secondary N) is 1. The molecule has 2 atom stereocenters. The van der Waals surface area contributed by atoms with E-state index in [2.05, 4.69) is 5.32 Å². The van der Waals surface area contributed by atoms with Gasteiger partial charge in [-0.2, -0.15) is 0 Å². The van der Waals surface area contributed by atoms with E-state index in [4.69, 9.17) is 5.11 Å². The molecule has 1 fully saturated rings. The van der Waals surface area contributed by atoms with E-state index in [1.54, 1.807) is 0 Å². The third-order valence-electron chi connectivity index (χ3n) is 4.61. The Bertz CT molecular complexity index is 661. The summed E-state index contributed by atoms with van der Waals surface area (Å²) in [7, 11) is 1.54. The van der Waals surface area contributed by atoms with Gasteiger partial charge in [-0.05, 0) is 44.7 Å². The number of hydrogen-bond acceptors (Lipinski definition) is 3. The average Bonchev–Trinajstić information content (AvgIpc) is 2.40. The van der Waals surface area contributed by atoms with Crippen LogP contribution in [-0.4, -0.2) is 41.4 Å². The lowest BCUT2D eigenvalue weighted by Crippen LogP contribution is -2.46. The van der Waals surface area contributed by atoms with E-state index in [9.17, 15) is 14.4 Å². The van der Waals surface area contributed by atoms with E-state index >= 15 is 0 Å². The predicted octanol–water partition coefficient (Wildman–Crippen LogP) is 2.12. The Balaban J connectivity index is 1.97. The van der Waals surface area contributed by atoms with Crippen LogP contribution in [0.1, 0.15) is 29.5 Å². The summed E-state index contributed by atoms with van der Waals surface area (Å²) in [5, 5.41) is 11.9. The number of carboxylic acids is 1. The van der Waals surface area contributed by atoms with Crippen LogP contribution < -0.4 is 5.32 Å². The van der Waals surface area contributed by atoms with Gasteiger partial charge < -0.3 is 15.3 Å². The number of amides is 2. The molecule has 0 saturated heterocycles. The molecular formula is C18H24N2O4. The van der Waals surface area contributed by atoms with Crippen molar-refractivity contribution in [2.45, 2.75) is 33.6 Å². The van der Waals surface area contributed by atoms with Crippen molar-refractivity contribution >= 4 is 23.5 Å². The van der Waals surface area contributed by atoms with Gasteiger partial charge in [0.2, 0.25) is 11.8 Å². The third-order valence-corrected chi connectivity index (χ3v) is 4.61. The number of aryl methyl sites for hydroxylation is 3. The summed E-state index contributed by atoms with van der Waals surface area (Å²) in [4.78, 5) is 36.9. The molecule has 1 aromatic carbocycles. The first-order valence-electron chi connectivity index (χ1n) is 8.06. The molecule has 2 rings (SSSR count). The molecule has 6 heteroatoms. The van der Waals surface area contributed by atoms with Gasteiger partial charge >= 0.3 is 5.97 Å². The van der Waals surface area contributed by atoms with Crippen LogP contribution in [0.3, 0.4) is 0 Å². The minimum absolute atomic E-state index is 0.0889. The number of anilines is 1. The first-order chi connectivity index (χ1) is 11.2. The zero-order valence-corrected chi connectivity index (χ0v) is 14.5. The second-order valence-electron chi connectivity index (χ2n) is 6.64. The minimum atomic E-state index is -0.941. The number of rotatable bonds is 5. The standard InChI is InChI=1S/C18H24N2O4/c1-10-7-11(2)16(12(3)8-10)19-15(21)9-20(4)17(22)13-5-6-14(13)18(23)24/h7-8,13-14H,5-6,9H2,1-4H3,(H,19,21)(H,23,24). The van der Waals surface area contributed by atoms with Crippen LogP contribution in [0.2, 0.25) is 0 Å². The highest BCUT2D eigenvalue weighted by Gasteiger charge is 2.42. The van der Waals surface area contributed by atoms with E-state index < -0.39 is 17.8 Å². The molecular weight excluding hydrogens is 308 g/mol. The topological polar surface area (TPSA) is 86.7 Å². The lowest BCUT2D eigenvalue weighted by Gasteiger charge is -2.34. The third kappa shape index (κ3) is 3.75. The van der Waals surface area contributed by atoms with E-state index in [1.807, 2.05) is 32.9 Å². The molecule has 6 nitrogen and oxygen atoms in total. The van der Waals surface area contributed by atoms with Gasteiger partial charge in [0.05, 0.1) is 18.4 Å². The minimum Gasteiger partial charge on any atom is -0.481 e. The van der Waals surface area contributed by atoms with Crippen molar-refractivity contribution in [3.63, 3.8) is 0 Å². The smallest absolute Gasteiger partial charge is 0.307 e. The Labute approximate surface area is 141 Å². The number of aliphatic carboxylic acids is 1. The van der Waals surface area contributed by atoms with Gasteiger partial charge in [-0.25, -0.2) is 0 Å². The fraction of sp³-hybridized carbons (Fsp3) is 0.500. The van der Waals surface area contributed by atoms with Crippen LogP contribution >= 0.6 is 0 Å². The molecule has 24 heavy (non-hydrogen) atoms. The largest absolute Gasteiger partial charge is 0.481 e. The SMILES string of the molecule is Cc1cc(C)c(NC(=O)CN(C)C(=O)C2CCC2C(=O)O)c(C)c1. The Kier molecular flexibility index (Phi) is 5.26. The van der Waals surface area contributed by atoms with E-state index in [0.29, 0.717) is 12.8 Å². The van der Waals surface area contributed by atoms with Crippen molar-refractivity contribution in [2.75, 3.05) is 18.9 Å². The quantitative estimate of drug-likeness (QED) is 0.865. The molecule has 1 saturated carbocycles. The molecule has 2 unspecified atom stereocenters. The molecule has 1 aromatic rings. The lowest BCUT2D eigenvalue weighted by atomic mass is 9.73. The van der Waals surface area contributed by atoms with Crippen LogP contribution in [-0.2, 0) is 14.4 Å². The number of hydrogen-bond donors (Lipinski definition) is 2. The van der Waals surface area contributed by atoms with Crippen molar-refractivity contribution in [1.29, 1.82) is 0 Å². The normalized spacial score (nSPS) is 19.3. The van der Waals surface area contributed by atoms with E-state index in [-0.39, 0.29) is 18.4 Å². The summed E-state index contributed by atoms with van der Waals surface area (Å²) in [5.74, 6) is -2.63. The summed E-state index contributed by atoms with van der Waals surface area (Å²) in [6.45, 7) is 5.76. The average molecular weight is 332 g/mol. The molecule has 0 aromatic heterocycles. The number of carbonyl (C=O) groups excluding carboxylic acids is 2. The van der Waals surface area contributed by atoms with Crippen LogP contribution in [0, 0.1) is 32.6 Å². The Morgan fingerprint density at radius 2 is 1.67 bits per heavy atom. The second-order valence-corrected chi connectivity index (χ2v) is 6.64. The van der Waals surface area contributed by atoms with E-state index in [0.717, 1.165) is 22.4 Å². The molecule has 0 heterocycles. The van der Waals surface area contributed by atoms with Gasteiger partial charge in [0, 0.05) is 12.7 Å². The van der Waals surface area contributed by atoms with Crippen LogP contribution in [0.25, 0.3) is 0 Å². The zero-order chi connectivity index (χ0) is 18.0. The summed E-state index contributed by atoms with van der Waals surface area (Å²) in [6, 6.07) is 3.98. The zero-order valence-electron chi connectivity index (χ0n) is 14.5. The maximum Gasteiger partial charge on any atom is 0.307 e. The molecule has 0 spiro atoms. The Hall–Kier alpha value is -2.37. The molecule has 1 aliphatic rings. The number of benzene rings is 1. The Morgan fingerprint density at radius 1 is 1.12 bits per heavy atom. The van der Waals surface area contributed by atoms with Gasteiger partial charge in [0.25, 0.3) is 0 Å². The number of carbonyl (C=O) groups is 3. The summed E-state index contributed by atoms with van der Waals surface area (Å²) < 4.78 is 0. The Morgan fingerprint density at radius 3 is 2.12 bits per heavy atom. The number of carboxylic acid groups (broad SMARTS) is 1. The first-order valence-corrected chi connectivity index (χ1v) is 8.06. The monoisotopic (exact) mass is 332 g/mol. The fourth-order valence-corrected chi connectivity index (χ4v) is 3.22. The maximum atomic E-state index is 12.3. The van der Waals surface area contributed by atoms with Gasteiger partial charge in [-0.1, -0.05) is 17.7 Å². The van der Waals surface area contributed by atoms with Crippen molar-refractivity contribution in [3.8, 4) is 0 Å². The van der Waals surface area contributed by atoms with Crippen molar-refractivity contribution in [2.24, 2.45) is 11.8 Å².